The highest BCUT2D eigenvalue weighted by atomic mass is 15.2. The molecule has 1 aromatic heterocycles. The van der Waals surface area contributed by atoms with Crippen LogP contribution in [0.1, 0.15) is 48.4 Å². The fourth-order valence-electron chi connectivity index (χ4n) is 3.33. The van der Waals surface area contributed by atoms with E-state index in [2.05, 4.69) is 53.2 Å². The van der Waals surface area contributed by atoms with E-state index in [1.165, 1.54) is 48.9 Å². The van der Waals surface area contributed by atoms with E-state index in [-0.39, 0.29) is 0 Å². The van der Waals surface area contributed by atoms with Gasteiger partial charge in [-0.15, -0.1) is 0 Å². The lowest BCUT2D eigenvalue weighted by atomic mass is 10.0. The number of aromatic nitrogens is 1. The van der Waals surface area contributed by atoms with Crippen LogP contribution in [0, 0.1) is 6.92 Å². The summed E-state index contributed by atoms with van der Waals surface area (Å²) in [4.78, 5) is 6.83. The Balaban J connectivity index is 1.84. The summed E-state index contributed by atoms with van der Waals surface area (Å²) >= 11 is 0. The zero-order valence-electron chi connectivity index (χ0n) is 12.8. The molecule has 1 aliphatic heterocycles. The Labute approximate surface area is 127 Å². The fraction of sp³-hybridized carbons (Fsp3) is 0.421. The molecule has 21 heavy (non-hydrogen) atoms. The standard InChI is InChI=1S/C19H24N2/c1-16-7-4-5-8-18(16)15-21-14-6-2-3-9-19(21)17-10-12-20-13-11-17/h4-5,7-8,10-13,19H,2-3,6,9,14-15H2,1H3. The topological polar surface area (TPSA) is 16.1 Å². The first-order valence-electron chi connectivity index (χ1n) is 8.03. The normalized spacial score (nSPS) is 20.1. The summed E-state index contributed by atoms with van der Waals surface area (Å²) in [5, 5.41) is 0. The maximum atomic E-state index is 4.17. The van der Waals surface area contributed by atoms with Gasteiger partial charge < -0.3 is 0 Å². The molecule has 1 aromatic carbocycles. The molecule has 3 rings (SSSR count). The summed E-state index contributed by atoms with van der Waals surface area (Å²) in [5.41, 5.74) is 4.27. The first-order valence-corrected chi connectivity index (χ1v) is 8.03. The molecule has 1 fully saturated rings. The van der Waals surface area contributed by atoms with Gasteiger partial charge in [-0.25, -0.2) is 0 Å². The number of likely N-dealkylation sites (tertiary alicyclic amines) is 1. The van der Waals surface area contributed by atoms with Gasteiger partial charge in [0.25, 0.3) is 0 Å². The van der Waals surface area contributed by atoms with Crippen molar-refractivity contribution < 1.29 is 0 Å². The number of benzene rings is 1. The molecule has 0 spiro atoms. The molecule has 2 heterocycles. The molecule has 0 aliphatic carbocycles. The van der Waals surface area contributed by atoms with E-state index < -0.39 is 0 Å². The summed E-state index contributed by atoms with van der Waals surface area (Å²) < 4.78 is 0. The number of hydrogen-bond donors (Lipinski definition) is 0. The molecule has 0 saturated carbocycles. The molecule has 110 valence electrons. The van der Waals surface area contributed by atoms with Crippen molar-refractivity contribution in [2.45, 2.75) is 45.2 Å². The third-order valence-electron chi connectivity index (χ3n) is 4.59. The molecule has 0 bridgehead atoms. The maximum absolute atomic E-state index is 4.17. The van der Waals surface area contributed by atoms with Gasteiger partial charge in [-0.1, -0.05) is 37.1 Å². The van der Waals surface area contributed by atoms with Gasteiger partial charge in [0, 0.05) is 25.0 Å². The van der Waals surface area contributed by atoms with Crippen LogP contribution in [-0.4, -0.2) is 16.4 Å². The van der Waals surface area contributed by atoms with Crippen molar-refractivity contribution in [1.29, 1.82) is 0 Å². The summed E-state index contributed by atoms with van der Waals surface area (Å²) in [6.07, 6.45) is 9.10. The van der Waals surface area contributed by atoms with Crippen LogP contribution >= 0.6 is 0 Å². The van der Waals surface area contributed by atoms with Crippen molar-refractivity contribution in [3.05, 3.63) is 65.5 Å². The van der Waals surface area contributed by atoms with Crippen LogP contribution in [0.25, 0.3) is 0 Å². The largest absolute Gasteiger partial charge is 0.292 e. The second-order valence-electron chi connectivity index (χ2n) is 6.04. The molecule has 2 heteroatoms. The number of pyridine rings is 1. The van der Waals surface area contributed by atoms with Crippen LogP contribution in [0.2, 0.25) is 0 Å². The third-order valence-corrected chi connectivity index (χ3v) is 4.59. The van der Waals surface area contributed by atoms with Crippen molar-refractivity contribution in [3.8, 4) is 0 Å². The Bertz CT molecular complexity index is 565. The fourth-order valence-corrected chi connectivity index (χ4v) is 3.33. The lowest BCUT2D eigenvalue weighted by Gasteiger charge is -2.30. The van der Waals surface area contributed by atoms with Gasteiger partial charge in [0.2, 0.25) is 0 Å². The third kappa shape index (κ3) is 3.51. The van der Waals surface area contributed by atoms with Crippen LogP contribution in [0.4, 0.5) is 0 Å². The van der Waals surface area contributed by atoms with Crippen LogP contribution in [0.5, 0.6) is 0 Å². The molecular weight excluding hydrogens is 256 g/mol. The Kier molecular flexibility index (Phi) is 4.66. The monoisotopic (exact) mass is 280 g/mol. The minimum atomic E-state index is 0.537. The van der Waals surface area contributed by atoms with Crippen LogP contribution in [0.3, 0.4) is 0 Å². The van der Waals surface area contributed by atoms with Crippen LogP contribution in [-0.2, 0) is 6.54 Å². The van der Waals surface area contributed by atoms with Gasteiger partial charge in [-0.2, -0.15) is 0 Å². The zero-order valence-corrected chi connectivity index (χ0v) is 12.8. The number of nitrogens with zero attached hydrogens (tertiary/aromatic N) is 2. The minimum Gasteiger partial charge on any atom is -0.292 e. The van der Waals surface area contributed by atoms with Gasteiger partial charge in [0.15, 0.2) is 0 Å². The van der Waals surface area contributed by atoms with E-state index in [9.17, 15) is 0 Å². The second-order valence-corrected chi connectivity index (χ2v) is 6.04. The smallest absolute Gasteiger partial charge is 0.0352 e. The predicted octanol–water partition coefficient (Wildman–Crippen LogP) is 4.51. The second kappa shape index (κ2) is 6.86. The summed E-state index contributed by atoms with van der Waals surface area (Å²) in [6.45, 7) is 4.47. The summed E-state index contributed by atoms with van der Waals surface area (Å²) in [6, 6.07) is 13.7. The molecule has 1 unspecified atom stereocenters. The predicted molar refractivity (Wildman–Crippen MR) is 87.0 cm³/mol. The molecule has 1 aliphatic rings. The summed E-state index contributed by atoms with van der Waals surface area (Å²) in [5.74, 6) is 0. The van der Waals surface area contributed by atoms with E-state index in [1.807, 2.05) is 12.4 Å². The minimum absolute atomic E-state index is 0.537. The molecule has 0 amide bonds. The highest BCUT2D eigenvalue weighted by molar-refractivity contribution is 5.26. The van der Waals surface area contributed by atoms with E-state index in [4.69, 9.17) is 0 Å². The molecular formula is C19H24N2. The molecule has 2 aromatic rings. The van der Waals surface area contributed by atoms with E-state index in [1.54, 1.807) is 0 Å². The number of rotatable bonds is 3. The first kappa shape index (κ1) is 14.3. The molecule has 1 atom stereocenters. The lowest BCUT2D eigenvalue weighted by molar-refractivity contribution is 0.192. The average Bonchev–Trinajstić information content (AvgIpc) is 2.76. The van der Waals surface area contributed by atoms with Crippen molar-refractivity contribution >= 4 is 0 Å². The maximum Gasteiger partial charge on any atom is 0.0352 e. The Morgan fingerprint density at radius 2 is 1.86 bits per heavy atom. The SMILES string of the molecule is Cc1ccccc1CN1CCCCCC1c1ccncc1. The van der Waals surface area contributed by atoms with Crippen molar-refractivity contribution in [1.82, 2.24) is 9.88 Å². The molecule has 0 radical (unpaired) electrons. The number of aryl methyl sites for hydroxylation is 1. The van der Waals surface area contributed by atoms with E-state index >= 15 is 0 Å². The van der Waals surface area contributed by atoms with Crippen LogP contribution in [0.15, 0.2) is 48.8 Å². The average molecular weight is 280 g/mol. The summed E-state index contributed by atoms with van der Waals surface area (Å²) in [7, 11) is 0. The van der Waals surface area contributed by atoms with Gasteiger partial charge in [-0.3, -0.25) is 9.88 Å². The molecule has 2 nitrogen and oxygen atoms in total. The molecule has 1 saturated heterocycles. The quantitative estimate of drug-likeness (QED) is 0.822. The Morgan fingerprint density at radius 3 is 2.67 bits per heavy atom. The highest BCUT2D eigenvalue weighted by Crippen LogP contribution is 2.31. The van der Waals surface area contributed by atoms with Gasteiger partial charge >= 0.3 is 0 Å². The first-order chi connectivity index (χ1) is 10.3. The van der Waals surface area contributed by atoms with E-state index in [0.29, 0.717) is 6.04 Å². The van der Waals surface area contributed by atoms with Gasteiger partial charge in [-0.05, 0) is 55.1 Å². The van der Waals surface area contributed by atoms with E-state index in [0.717, 1.165) is 6.54 Å². The zero-order chi connectivity index (χ0) is 14.5. The van der Waals surface area contributed by atoms with Crippen molar-refractivity contribution in [2.24, 2.45) is 0 Å². The number of hydrogen-bond acceptors (Lipinski definition) is 2. The lowest BCUT2D eigenvalue weighted by Crippen LogP contribution is -2.28. The Hall–Kier alpha value is -1.67. The molecule has 0 N–H and O–H groups in total. The van der Waals surface area contributed by atoms with Crippen molar-refractivity contribution in [2.75, 3.05) is 6.54 Å². The highest BCUT2D eigenvalue weighted by Gasteiger charge is 2.22. The van der Waals surface area contributed by atoms with Gasteiger partial charge in [0.05, 0.1) is 0 Å². The van der Waals surface area contributed by atoms with Gasteiger partial charge in [0.1, 0.15) is 0 Å². The van der Waals surface area contributed by atoms with Crippen LogP contribution < -0.4 is 0 Å². The Morgan fingerprint density at radius 1 is 1.05 bits per heavy atom. The van der Waals surface area contributed by atoms with Crippen molar-refractivity contribution in [3.63, 3.8) is 0 Å².